The van der Waals surface area contributed by atoms with Gasteiger partial charge in [0.05, 0.1) is 23.6 Å². The number of furan rings is 1. The second-order valence-corrected chi connectivity index (χ2v) is 10.9. The number of nitro groups is 1. The summed E-state index contributed by atoms with van der Waals surface area (Å²) in [5.74, 6) is 2.16. The molecule has 12 heteroatoms. The van der Waals surface area contributed by atoms with Crippen molar-refractivity contribution in [1.82, 2.24) is 24.6 Å². The lowest BCUT2D eigenvalue weighted by atomic mass is 10.1. The highest BCUT2D eigenvalue weighted by Gasteiger charge is 2.30. The molecule has 1 aliphatic rings. The summed E-state index contributed by atoms with van der Waals surface area (Å²) in [4.78, 5) is 35.3. The summed E-state index contributed by atoms with van der Waals surface area (Å²) >= 11 is 6.46. The molecule has 0 atom stereocenters. The van der Waals surface area contributed by atoms with Gasteiger partial charge in [-0.3, -0.25) is 19.9 Å². The van der Waals surface area contributed by atoms with E-state index in [4.69, 9.17) is 30.8 Å². The molecule has 1 saturated carbocycles. The van der Waals surface area contributed by atoms with Crippen LogP contribution in [-0.2, 0) is 6.54 Å². The predicted octanol–water partition coefficient (Wildman–Crippen LogP) is 6.92. The molecule has 0 aliphatic heterocycles. The van der Waals surface area contributed by atoms with E-state index in [-0.39, 0.29) is 23.4 Å². The van der Waals surface area contributed by atoms with Crippen LogP contribution in [0.1, 0.15) is 36.2 Å². The van der Waals surface area contributed by atoms with E-state index in [1.807, 2.05) is 23.1 Å². The third kappa shape index (κ3) is 6.04. The Hall–Kier alpha value is -5.03. The van der Waals surface area contributed by atoms with Crippen LogP contribution < -0.4 is 4.74 Å². The number of nitrogens with zero attached hydrogens (tertiary/aromatic N) is 6. The number of amides is 1. The molecule has 1 amide bonds. The summed E-state index contributed by atoms with van der Waals surface area (Å²) in [5.41, 5.74) is 2.22. The van der Waals surface area contributed by atoms with Gasteiger partial charge < -0.3 is 14.1 Å². The van der Waals surface area contributed by atoms with Gasteiger partial charge in [-0.25, -0.2) is 9.67 Å². The number of pyridine rings is 1. The highest BCUT2D eigenvalue weighted by Crippen LogP contribution is 2.32. The van der Waals surface area contributed by atoms with Crippen LogP contribution in [0.2, 0.25) is 5.02 Å². The average Bonchev–Trinajstić information content (AvgIpc) is 3.84. The molecular weight excluding hydrogens is 584 g/mol. The van der Waals surface area contributed by atoms with Crippen LogP contribution in [0, 0.1) is 10.1 Å². The molecule has 0 unspecified atom stereocenters. The van der Waals surface area contributed by atoms with Gasteiger partial charge in [0.1, 0.15) is 11.5 Å². The molecule has 0 radical (unpaired) electrons. The van der Waals surface area contributed by atoms with Gasteiger partial charge >= 0.3 is 0 Å². The van der Waals surface area contributed by atoms with Crippen LogP contribution in [0.3, 0.4) is 0 Å². The van der Waals surface area contributed by atoms with Gasteiger partial charge in [-0.1, -0.05) is 24.4 Å². The Labute approximate surface area is 258 Å². The van der Waals surface area contributed by atoms with E-state index in [1.54, 1.807) is 60.6 Å². The van der Waals surface area contributed by atoms with Crippen molar-refractivity contribution in [3.05, 3.63) is 100 Å². The van der Waals surface area contributed by atoms with Crippen molar-refractivity contribution in [3.8, 4) is 39.8 Å². The quantitative estimate of drug-likeness (QED) is 0.123. The Bertz CT molecular complexity index is 1780. The minimum Gasteiger partial charge on any atom is -0.495 e. The van der Waals surface area contributed by atoms with Crippen molar-refractivity contribution in [1.29, 1.82) is 0 Å². The van der Waals surface area contributed by atoms with Gasteiger partial charge in [0.25, 0.3) is 11.6 Å². The van der Waals surface area contributed by atoms with Gasteiger partial charge in [-0.15, -0.1) is 0 Å². The highest BCUT2D eigenvalue weighted by atomic mass is 35.5. The number of non-ortho nitro benzene ring substituents is 1. The van der Waals surface area contributed by atoms with Crippen LogP contribution >= 0.6 is 11.6 Å². The number of carbonyl (C=O) groups is 1. The number of ether oxygens (including phenoxy) is 1. The summed E-state index contributed by atoms with van der Waals surface area (Å²) in [6.07, 6.45) is 7.28. The van der Waals surface area contributed by atoms with E-state index in [0.717, 1.165) is 36.8 Å². The van der Waals surface area contributed by atoms with Crippen molar-refractivity contribution in [2.75, 3.05) is 13.7 Å². The third-order valence-electron chi connectivity index (χ3n) is 7.78. The topological polar surface area (TPSA) is 129 Å². The van der Waals surface area contributed by atoms with E-state index in [2.05, 4.69) is 4.98 Å². The summed E-state index contributed by atoms with van der Waals surface area (Å²) in [7, 11) is 1.56. The van der Waals surface area contributed by atoms with Crippen molar-refractivity contribution < 1.29 is 18.9 Å². The predicted molar refractivity (Wildman–Crippen MR) is 164 cm³/mol. The lowest BCUT2D eigenvalue weighted by Gasteiger charge is -2.28. The zero-order chi connectivity index (χ0) is 30.6. The molecule has 11 nitrogen and oxygen atoms in total. The third-order valence-corrected chi connectivity index (χ3v) is 8.07. The van der Waals surface area contributed by atoms with E-state index >= 15 is 0 Å². The standard InChI is InChI=1S/C32H29ClN6O5/c1-43-28-11-8-23(20-26(28)33)31-35-30(22-14-16-34-17-15-22)36-38(31)19-18-37(24-4-2-3-5-24)32(40)29-13-12-27(44-29)21-6-9-25(10-7-21)39(41)42/h6-17,20,24H,2-5,18-19H2,1H3. The molecule has 0 spiro atoms. The maximum Gasteiger partial charge on any atom is 0.289 e. The van der Waals surface area contributed by atoms with Crippen molar-refractivity contribution in [2.24, 2.45) is 0 Å². The van der Waals surface area contributed by atoms with E-state index in [9.17, 15) is 14.9 Å². The van der Waals surface area contributed by atoms with Crippen LogP contribution in [0.4, 0.5) is 5.69 Å². The summed E-state index contributed by atoms with van der Waals surface area (Å²) in [6, 6.07) is 18.6. The zero-order valence-electron chi connectivity index (χ0n) is 23.9. The van der Waals surface area contributed by atoms with Crippen molar-refractivity contribution in [3.63, 3.8) is 0 Å². The molecule has 1 fully saturated rings. The van der Waals surface area contributed by atoms with Crippen molar-refractivity contribution >= 4 is 23.2 Å². The highest BCUT2D eigenvalue weighted by molar-refractivity contribution is 6.32. The van der Waals surface area contributed by atoms with Gasteiger partial charge in [0.15, 0.2) is 17.4 Å². The second kappa shape index (κ2) is 12.7. The molecule has 5 aromatic rings. The molecule has 0 bridgehead atoms. The molecule has 3 heterocycles. The summed E-state index contributed by atoms with van der Waals surface area (Å²) in [6.45, 7) is 0.766. The zero-order valence-corrected chi connectivity index (χ0v) is 24.7. The SMILES string of the molecule is COc1ccc(-c2nc(-c3ccncc3)nn2CCN(C(=O)c2ccc(-c3ccc([N+](=O)[O-])cc3)o2)C2CCCC2)cc1Cl. The Morgan fingerprint density at radius 2 is 1.77 bits per heavy atom. The lowest BCUT2D eigenvalue weighted by Crippen LogP contribution is -2.41. The molecule has 44 heavy (non-hydrogen) atoms. The Balaban J connectivity index is 1.29. The van der Waals surface area contributed by atoms with Crippen LogP contribution in [0.15, 0.2) is 83.5 Å². The largest absolute Gasteiger partial charge is 0.495 e. The van der Waals surface area contributed by atoms with Gasteiger partial charge in [-0.2, -0.15) is 5.10 Å². The fraction of sp³-hybridized carbons (Fsp3) is 0.250. The van der Waals surface area contributed by atoms with Gasteiger partial charge in [-0.05, 0) is 67.4 Å². The minimum absolute atomic E-state index is 0.0134. The molecule has 0 saturated heterocycles. The van der Waals surface area contributed by atoms with E-state index < -0.39 is 4.92 Å². The summed E-state index contributed by atoms with van der Waals surface area (Å²) in [5, 5.41) is 16.3. The number of methoxy groups -OCH3 is 1. The molecule has 224 valence electrons. The smallest absolute Gasteiger partial charge is 0.289 e. The number of halogens is 1. The first kappa shape index (κ1) is 29.1. The van der Waals surface area contributed by atoms with Crippen LogP contribution in [0.5, 0.6) is 5.75 Å². The molecule has 0 N–H and O–H groups in total. The molecule has 6 rings (SSSR count). The number of benzene rings is 2. The lowest BCUT2D eigenvalue weighted by molar-refractivity contribution is -0.384. The number of rotatable bonds is 10. The minimum atomic E-state index is -0.454. The number of aromatic nitrogens is 4. The maximum absolute atomic E-state index is 13.9. The van der Waals surface area contributed by atoms with Crippen molar-refractivity contribution in [2.45, 2.75) is 38.3 Å². The second-order valence-electron chi connectivity index (χ2n) is 10.5. The first-order valence-corrected chi connectivity index (χ1v) is 14.6. The molecule has 2 aromatic carbocycles. The Kier molecular flexibility index (Phi) is 8.38. The average molecular weight is 613 g/mol. The van der Waals surface area contributed by atoms with Gasteiger partial charge in [0.2, 0.25) is 0 Å². The number of nitro benzene ring substituents is 1. The van der Waals surface area contributed by atoms with Gasteiger partial charge in [0, 0.05) is 53.8 Å². The summed E-state index contributed by atoms with van der Waals surface area (Å²) < 4.78 is 13.1. The fourth-order valence-electron chi connectivity index (χ4n) is 5.51. The van der Waals surface area contributed by atoms with E-state index in [1.165, 1.54) is 12.1 Å². The number of hydrogen-bond acceptors (Lipinski definition) is 8. The first-order chi connectivity index (χ1) is 21.4. The maximum atomic E-state index is 13.9. The number of hydrogen-bond donors (Lipinski definition) is 0. The van der Waals surface area contributed by atoms with E-state index in [0.29, 0.717) is 46.8 Å². The molecular formula is C32H29ClN6O5. The monoisotopic (exact) mass is 612 g/mol. The molecule has 3 aromatic heterocycles. The fourth-order valence-corrected chi connectivity index (χ4v) is 5.76. The van der Waals surface area contributed by atoms with Crippen LogP contribution in [0.25, 0.3) is 34.1 Å². The first-order valence-electron chi connectivity index (χ1n) is 14.3. The van der Waals surface area contributed by atoms with Crippen LogP contribution in [-0.4, -0.2) is 55.2 Å². The number of carbonyl (C=O) groups excluding carboxylic acids is 1. The Morgan fingerprint density at radius 1 is 1.05 bits per heavy atom. The normalized spacial score (nSPS) is 13.2. The Morgan fingerprint density at radius 3 is 2.45 bits per heavy atom. The molecule has 1 aliphatic carbocycles.